The summed E-state index contributed by atoms with van der Waals surface area (Å²) in [5.74, 6) is 0.622. The van der Waals surface area contributed by atoms with Crippen molar-refractivity contribution < 1.29 is 4.79 Å². The number of hydrogen-bond acceptors (Lipinski definition) is 2. The topological polar surface area (TPSA) is 46.3 Å². The van der Waals surface area contributed by atoms with Crippen molar-refractivity contribution >= 4 is 5.91 Å². The van der Waals surface area contributed by atoms with E-state index >= 15 is 0 Å². The number of rotatable bonds is 4. The van der Waals surface area contributed by atoms with E-state index in [1.807, 2.05) is 26.0 Å². The predicted octanol–water partition coefficient (Wildman–Crippen LogP) is 3.28. The summed E-state index contributed by atoms with van der Waals surface area (Å²) in [6, 6.07) is 6.42. The predicted molar refractivity (Wildman–Crippen MR) is 87.4 cm³/mol. The SMILES string of the molecule is CCN(C(=O)c1cc(C)ccc1C)C1CCCCC1CN. The molecule has 0 aromatic heterocycles. The van der Waals surface area contributed by atoms with E-state index in [1.165, 1.54) is 12.8 Å². The number of amides is 1. The summed E-state index contributed by atoms with van der Waals surface area (Å²) in [4.78, 5) is 15.0. The van der Waals surface area contributed by atoms with E-state index in [0.717, 1.165) is 36.1 Å². The quantitative estimate of drug-likeness (QED) is 0.924. The summed E-state index contributed by atoms with van der Waals surface area (Å²) in [6.07, 6.45) is 4.69. The van der Waals surface area contributed by atoms with Crippen molar-refractivity contribution in [3.63, 3.8) is 0 Å². The molecule has 0 bridgehead atoms. The van der Waals surface area contributed by atoms with Crippen LogP contribution in [0.5, 0.6) is 0 Å². The first-order chi connectivity index (χ1) is 10.1. The first kappa shape index (κ1) is 16.0. The van der Waals surface area contributed by atoms with Gasteiger partial charge in [0.25, 0.3) is 5.91 Å². The Morgan fingerprint density at radius 3 is 2.67 bits per heavy atom. The van der Waals surface area contributed by atoms with E-state index in [2.05, 4.69) is 17.9 Å². The summed E-state index contributed by atoms with van der Waals surface area (Å²) >= 11 is 0. The maximum absolute atomic E-state index is 13.0. The largest absolute Gasteiger partial charge is 0.336 e. The van der Waals surface area contributed by atoms with Crippen molar-refractivity contribution in [3.05, 3.63) is 34.9 Å². The molecule has 2 rings (SSSR count). The Kier molecular flexibility index (Phi) is 5.40. The third-order valence-corrected chi connectivity index (χ3v) is 4.80. The molecule has 1 amide bonds. The lowest BCUT2D eigenvalue weighted by Gasteiger charge is -2.39. The van der Waals surface area contributed by atoms with Crippen LogP contribution in [0.25, 0.3) is 0 Å². The van der Waals surface area contributed by atoms with E-state index < -0.39 is 0 Å². The zero-order valence-electron chi connectivity index (χ0n) is 13.6. The Bertz CT molecular complexity index is 498. The smallest absolute Gasteiger partial charge is 0.254 e. The maximum Gasteiger partial charge on any atom is 0.254 e. The Hall–Kier alpha value is -1.35. The third-order valence-electron chi connectivity index (χ3n) is 4.80. The minimum absolute atomic E-state index is 0.170. The van der Waals surface area contributed by atoms with Crippen LogP contribution in [0.15, 0.2) is 18.2 Å². The van der Waals surface area contributed by atoms with Crippen molar-refractivity contribution in [3.8, 4) is 0 Å². The first-order valence-corrected chi connectivity index (χ1v) is 8.16. The van der Waals surface area contributed by atoms with Crippen molar-refractivity contribution in [2.24, 2.45) is 11.7 Å². The van der Waals surface area contributed by atoms with Crippen LogP contribution in [-0.2, 0) is 0 Å². The summed E-state index contributed by atoms with van der Waals surface area (Å²) in [5, 5.41) is 0. The highest BCUT2D eigenvalue weighted by atomic mass is 16.2. The van der Waals surface area contributed by atoms with Crippen LogP contribution in [0.4, 0.5) is 0 Å². The van der Waals surface area contributed by atoms with Crippen molar-refractivity contribution in [2.45, 2.75) is 52.5 Å². The van der Waals surface area contributed by atoms with Gasteiger partial charge in [-0.15, -0.1) is 0 Å². The molecular formula is C18H28N2O. The number of carbonyl (C=O) groups excluding carboxylic acids is 1. The van der Waals surface area contributed by atoms with Crippen molar-refractivity contribution in [1.82, 2.24) is 4.90 Å². The molecule has 2 N–H and O–H groups in total. The Balaban J connectivity index is 2.27. The monoisotopic (exact) mass is 288 g/mol. The molecule has 0 spiro atoms. The molecule has 116 valence electrons. The van der Waals surface area contributed by atoms with Crippen LogP contribution < -0.4 is 5.73 Å². The highest BCUT2D eigenvalue weighted by Gasteiger charge is 2.32. The number of aryl methyl sites for hydroxylation is 2. The van der Waals surface area contributed by atoms with Gasteiger partial charge in [0.2, 0.25) is 0 Å². The van der Waals surface area contributed by atoms with E-state index in [4.69, 9.17) is 5.73 Å². The molecule has 2 atom stereocenters. The van der Waals surface area contributed by atoms with Gasteiger partial charge in [-0.3, -0.25) is 4.79 Å². The molecule has 1 aromatic rings. The molecule has 0 aliphatic heterocycles. The summed E-state index contributed by atoms with van der Waals surface area (Å²) < 4.78 is 0. The Morgan fingerprint density at radius 1 is 1.29 bits per heavy atom. The molecule has 0 radical (unpaired) electrons. The zero-order valence-corrected chi connectivity index (χ0v) is 13.6. The summed E-state index contributed by atoms with van der Waals surface area (Å²) in [5.41, 5.74) is 8.98. The first-order valence-electron chi connectivity index (χ1n) is 8.16. The molecule has 1 aliphatic rings. The summed E-state index contributed by atoms with van der Waals surface area (Å²) in [7, 11) is 0. The number of nitrogens with zero attached hydrogens (tertiary/aromatic N) is 1. The number of carbonyl (C=O) groups is 1. The van der Waals surface area contributed by atoms with Crippen LogP contribution in [0.1, 0.15) is 54.1 Å². The van der Waals surface area contributed by atoms with E-state index in [9.17, 15) is 4.79 Å². The van der Waals surface area contributed by atoms with Gasteiger partial charge in [0.1, 0.15) is 0 Å². The van der Waals surface area contributed by atoms with Crippen molar-refractivity contribution in [1.29, 1.82) is 0 Å². The molecule has 0 heterocycles. The normalized spacial score (nSPS) is 22.1. The van der Waals surface area contributed by atoms with Gasteiger partial charge >= 0.3 is 0 Å². The lowest BCUT2D eigenvalue weighted by atomic mass is 9.83. The van der Waals surface area contributed by atoms with Gasteiger partial charge in [0, 0.05) is 18.2 Å². The molecule has 1 aromatic carbocycles. The minimum atomic E-state index is 0.170. The molecule has 21 heavy (non-hydrogen) atoms. The fourth-order valence-electron chi connectivity index (χ4n) is 3.52. The van der Waals surface area contributed by atoms with Crippen LogP contribution in [-0.4, -0.2) is 29.9 Å². The van der Waals surface area contributed by atoms with Gasteiger partial charge in [-0.1, -0.05) is 30.5 Å². The van der Waals surface area contributed by atoms with Crippen LogP contribution >= 0.6 is 0 Å². The molecule has 3 nitrogen and oxygen atoms in total. The Labute approximate surface area is 128 Å². The fourth-order valence-corrected chi connectivity index (χ4v) is 3.52. The second-order valence-electron chi connectivity index (χ2n) is 6.26. The zero-order chi connectivity index (χ0) is 15.4. The average Bonchev–Trinajstić information content (AvgIpc) is 2.50. The van der Waals surface area contributed by atoms with Gasteiger partial charge in [-0.05, 0) is 57.7 Å². The molecule has 1 aliphatic carbocycles. The van der Waals surface area contributed by atoms with Crippen molar-refractivity contribution in [2.75, 3.05) is 13.1 Å². The Morgan fingerprint density at radius 2 is 2.00 bits per heavy atom. The highest BCUT2D eigenvalue weighted by molar-refractivity contribution is 5.96. The van der Waals surface area contributed by atoms with E-state index in [0.29, 0.717) is 18.5 Å². The van der Waals surface area contributed by atoms with Crippen LogP contribution in [0, 0.1) is 19.8 Å². The lowest BCUT2D eigenvalue weighted by Crippen LogP contribution is -2.48. The number of nitrogens with two attached hydrogens (primary N) is 1. The van der Waals surface area contributed by atoms with Gasteiger partial charge < -0.3 is 10.6 Å². The lowest BCUT2D eigenvalue weighted by molar-refractivity contribution is 0.0559. The molecule has 2 unspecified atom stereocenters. The second-order valence-corrected chi connectivity index (χ2v) is 6.26. The van der Waals surface area contributed by atoms with Crippen LogP contribution in [0.2, 0.25) is 0 Å². The molecule has 1 fully saturated rings. The van der Waals surface area contributed by atoms with E-state index in [1.54, 1.807) is 0 Å². The van der Waals surface area contributed by atoms with Gasteiger partial charge in [-0.25, -0.2) is 0 Å². The molecular weight excluding hydrogens is 260 g/mol. The third kappa shape index (κ3) is 3.46. The maximum atomic E-state index is 13.0. The standard InChI is InChI=1S/C18H28N2O/c1-4-20(17-8-6-5-7-15(17)12-19)18(21)16-11-13(2)9-10-14(16)3/h9-11,15,17H,4-8,12,19H2,1-3H3. The number of hydrogen-bond donors (Lipinski definition) is 1. The number of benzene rings is 1. The van der Waals surface area contributed by atoms with E-state index in [-0.39, 0.29) is 5.91 Å². The summed E-state index contributed by atoms with van der Waals surface area (Å²) in [6.45, 7) is 7.57. The highest BCUT2D eigenvalue weighted by Crippen LogP contribution is 2.29. The molecule has 0 saturated heterocycles. The molecule has 1 saturated carbocycles. The van der Waals surface area contributed by atoms with Crippen LogP contribution in [0.3, 0.4) is 0 Å². The van der Waals surface area contributed by atoms with Gasteiger partial charge in [0.15, 0.2) is 0 Å². The van der Waals surface area contributed by atoms with Gasteiger partial charge in [0.05, 0.1) is 0 Å². The second kappa shape index (κ2) is 7.08. The molecule has 3 heteroatoms. The fraction of sp³-hybridized carbons (Fsp3) is 0.611. The minimum Gasteiger partial charge on any atom is -0.336 e. The van der Waals surface area contributed by atoms with Gasteiger partial charge in [-0.2, -0.15) is 0 Å². The average molecular weight is 288 g/mol.